The molecule has 4 rings (SSSR count). The van der Waals surface area contributed by atoms with Crippen molar-refractivity contribution >= 4 is 84.6 Å². The topological polar surface area (TPSA) is 80.3 Å². The van der Waals surface area contributed by atoms with Gasteiger partial charge in [-0.2, -0.15) is 0 Å². The fourth-order valence-electron chi connectivity index (χ4n) is 2.64. The van der Waals surface area contributed by atoms with Crippen molar-refractivity contribution in [1.82, 2.24) is 10.3 Å². The van der Waals surface area contributed by atoms with Crippen LogP contribution in [0.15, 0.2) is 74.2 Å². The molecule has 2 aromatic heterocycles. The highest BCUT2D eigenvalue weighted by Crippen LogP contribution is 2.32. The smallest absolute Gasteiger partial charge is 0.250 e. The number of thiocarbonyl (C=S) groups is 1. The summed E-state index contributed by atoms with van der Waals surface area (Å²) in [6, 6.07) is 14.9. The van der Waals surface area contributed by atoms with E-state index in [4.69, 9.17) is 21.1 Å². The molecule has 2 heterocycles. The van der Waals surface area contributed by atoms with Gasteiger partial charge in [0.15, 0.2) is 10.7 Å². The van der Waals surface area contributed by atoms with Gasteiger partial charge in [0.1, 0.15) is 11.3 Å². The Morgan fingerprint density at radius 3 is 2.87 bits per heavy atom. The minimum absolute atomic E-state index is 0.174. The maximum Gasteiger partial charge on any atom is 0.250 e. The highest BCUT2D eigenvalue weighted by Gasteiger charge is 2.13. The van der Waals surface area contributed by atoms with E-state index in [2.05, 4.69) is 54.1 Å². The first kappa shape index (κ1) is 20.8. The van der Waals surface area contributed by atoms with Crippen molar-refractivity contribution in [2.45, 2.75) is 0 Å². The molecule has 2 N–H and O–H groups in total. The fourth-order valence-corrected chi connectivity index (χ4v) is 3.77. The van der Waals surface area contributed by atoms with E-state index in [1.807, 2.05) is 18.2 Å². The van der Waals surface area contributed by atoms with E-state index in [-0.39, 0.29) is 11.0 Å². The van der Waals surface area contributed by atoms with Gasteiger partial charge in [0.25, 0.3) is 0 Å². The lowest BCUT2D eigenvalue weighted by Gasteiger charge is -2.07. The second-order valence-corrected chi connectivity index (χ2v) is 8.63. The molecule has 9 heteroatoms. The zero-order valence-electron chi connectivity index (χ0n) is 15.2. The quantitative estimate of drug-likeness (QED) is 0.172. The molecule has 30 heavy (non-hydrogen) atoms. The number of carbonyl (C=O) groups is 1. The Labute approximate surface area is 199 Å². The van der Waals surface area contributed by atoms with Gasteiger partial charge < -0.3 is 14.2 Å². The third-order valence-corrected chi connectivity index (χ3v) is 5.55. The molecule has 1 amide bonds. The number of nitrogens with one attached hydrogen (secondary N) is 2. The molecule has 6 nitrogen and oxygen atoms in total. The van der Waals surface area contributed by atoms with Gasteiger partial charge >= 0.3 is 0 Å². The van der Waals surface area contributed by atoms with Crippen LogP contribution in [-0.4, -0.2) is 16.0 Å². The van der Waals surface area contributed by atoms with Crippen molar-refractivity contribution in [2.24, 2.45) is 0 Å². The van der Waals surface area contributed by atoms with Crippen LogP contribution in [-0.2, 0) is 4.79 Å². The molecule has 0 radical (unpaired) electrons. The van der Waals surface area contributed by atoms with Gasteiger partial charge in [-0.1, -0.05) is 0 Å². The van der Waals surface area contributed by atoms with Gasteiger partial charge in [-0.15, -0.1) is 0 Å². The highest BCUT2D eigenvalue weighted by molar-refractivity contribution is 14.1. The monoisotopic (exact) mass is 593 g/mol. The summed E-state index contributed by atoms with van der Waals surface area (Å²) in [7, 11) is 0. The molecule has 0 bridgehead atoms. The number of oxazole rings is 1. The van der Waals surface area contributed by atoms with Crippen LogP contribution in [0.2, 0.25) is 0 Å². The summed E-state index contributed by atoms with van der Waals surface area (Å²) < 4.78 is 13.0. The largest absolute Gasteiger partial charge is 0.465 e. The lowest BCUT2D eigenvalue weighted by atomic mass is 10.2. The number of benzene rings is 2. The normalized spacial score (nSPS) is 11.1. The fraction of sp³-hybridized carbons (Fsp3) is 0. The number of hydrogen-bond acceptors (Lipinski definition) is 5. The van der Waals surface area contributed by atoms with Crippen LogP contribution in [0.1, 0.15) is 5.76 Å². The first-order valence-electron chi connectivity index (χ1n) is 8.67. The summed E-state index contributed by atoms with van der Waals surface area (Å²) in [5, 5.41) is 5.74. The van der Waals surface area contributed by atoms with Crippen LogP contribution in [0.4, 0.5) is 5.69 Å². The van der Waals surface area contributed by atoms with Crippen molar-refractivity contribution in [2.75, 3.05) is 5.32 Å². The second kappa shape index (κ2) is 9.11. The summed E-state index contributed by atoms with van der Waals surface area (Å²) in [6.45, 7) is 0. The molecular formula is C21H13BrIN3O3S. The van der Waals surface area contributed by atoms with Crippen LogP contribution in [0.25, 0.3) is 28.6 Å². The summed E-state index contributed by atoms with van der Waals surface area (Å²) in [4.78, 5) is 16.6. The Bertz CT molecular complexity index is 1270. The van der Waals surface area contributed by atoms with Gasteiger partial charge in [-0.05, 0) is 105 Å². The maximum atomic E-state index is 12.0. The zero-order chi connectivity index (χ0) is 21.1. The van der Waals surface area contributed by atoms with Gasteiger partial charge in [-0.3, -0.25) is 10.1 Å². The Balaban J connectivity index is 1.46. The Kier molecular flexibility index (Phi) is 6.30. The van der Waals surface area contributed by atoms with Crippen molar-refractivity contribution < 1.29 is 13.6 Å². The Morgan fingerprint density at radius 2 is 2.07 bits per heavy atom. The second-order valence-electron chi connectivity index (χ2n) is 6.12. The van der Waals surface area contributed by atoms with Crippen molar-refractivity contribution in [3.05, 3.63) is 74.7 Å². The number of halogens is 2. The molecule has 0 aliphatic rings. The molecule has 0 unspecified atom stereocenters. The summed E-state index contributed by atoms with van der Waals surface area (Å²) in [5.74, 6) is 0.736. The molecular weight excluding hydrogens is 581 g/mol. The van der Waals surface area contributed by atoms with Gasteiger partial charge in [0.2, 0.25) is 11.8 Å². The van der Waals surface area contributed by atoms with Gasteiger partial charge in [-0.25, -0.2) is 4.98 Å². The predicted molar refractivity (Wildman–Crippen MR) is 132 cm³/mol. The predicted octanol–water partition coefficient (Wildman–Crippen LogP) is 5.98. The number of furan rings is 1. The molecule has 0 aliphatic heterocycles. The Hall–Kier alpha value is -2.50. The first-order valence-corrected chi connectivity index (χ1v) is 11.0. The lowest BCUT2D eigenvalue weighted by molar-refractivity contribution is -0.115. The van der Waals surface area contributed by atoms with Gasteiger partial charge in [0, 0.05) is 19.8 Å². The van der Waals surface area contributed by atoms with Crippen LogP contribution in [0.5, 0.6) is 0 Å². The van der Waals surface area contributed by atoms with E-state index in [1.165, 1.54) is 12.3 Å². The number of anilines is 1. The number of nitrogens with zero attached hydrogens (tertiary/aromatic N) is 1. The number of aromatic nitrogens is 1. The molecule has 0 saturated carbocycles. The van der Waals surface area contributed by atoms with E-state index in [0.29, 0.717) is 28.4 Å². The standard InChI is InChI=1S/C21H13BrIN3O3S/c22-16-6-3-12(23)10-15(16)20-25-17-11-13(4-7-18(17)29-20)24-21(30)26-19(27)8-5-14-2-1-9-28-14/h1-11H,(H2,24,26,27,30). The molecule has 2 aromatic carbocycles. The van der Waals surface area contributed by atoms with Crippen LogP contribution < -0.4 is 10.6 Å². The first-order chi connectivity index (χ1) is 14.5. The number of rotatable bonds is 4. The molecule has 0 saturated heterocycles. The third-order valence-electron chi connectivity index (χ3n) is 3.98. The maximum absolute atomic E-state index is 12.0. The van der Waals surface area contributed by atoms with Crippen molar-refractivity contribution in [3.63, 3.8) is 0 Å². The van der Waals surface area contributed by atoms with Crippen LogP contribution in [0.3, 0.4) is 0 Å². The summed E-state index contributed by atoms with van der Waals surface area (Å²) in [5.41, 5.74) is 2.88. The number of carbonyl (C=O) groups excluding carboxylic acids is 1. The molecule has 0 aliphatic carbocycles. The zero-order valence-corrected chi connectivity index (χ0v) is 19.7. The average molecular weight is 594 g/mol. The number of amides is 1. The van der Waals surface area contributed by atoms with E-state index in [9.17, 15) is 4.79 Å². The average Bonchev–Trinajstić information content (AvgIpc) is 3.37. The minimum Gasteiger partial charge on any atom is -0.465 e. The van der Waals surface area contributed by atoms with E-state index in [1.54, 1.807) is 36.4 Å². The van der Waals surface area contributed by atoms with Gasteiger partial charge in [0.05, 0.1) is 11.8 Å². The van der Waals surface area contributed by atoms with Crippen LogP contribution in [0, 0.1) is 3.57 Å². The number of fused-ring (bicyclic) bond motifs is 1. The van der Waals surface area contributed by atoms with E-state index in [0.717, 1.165) is 13.6 Å². The number of hydrogen-bond donors (Lipinski definition) is 2. The molecule has 4 aromatic rings. The Morgan fingerprint density at radius 1 is 1.20 bits per heavy atom. The molecule has 0 spiro atoms. The lowest BCUT2D eigenvalue weighted by Crippen LogP contribution is -2.32. The molecule has 0 fully saturated rings. The molecule has 0 atom stereocenters. The van der Waals surface area contributed by atoms with Crippen LogP contribution >= 0.6 is 50.7 Å². The highest BCUT2D eigenvalue weighted by atomic mass is 127. The molecule has 150 valence electrons. The summed E-state index contributed by atoms with van der Waals surface area (Å²) in [6.07, 6.45) is 4.44. The van der Waals surface area contributed by atoms with Crippen molar-refractivity contribution in [1.29, 1.82) is 0 Å². The van der Waals surface area contributed by atoms with E-state index >= 15 is 0 Å². The third kappa shape index (κ3) is 4.97. The minimum atomic E-state index is -0.364. The summed E-state index contributed by atoms with van der Waals surface area (Å²) >= 11 is 11.0. The van der Waals surface area contributed by atoms with E-state index < -0.39 is 0 Å². The SMILES string of the molecule is O=C(C=Cc1ccco1)NC(=S)Nc1ccc2oc(-c3cc(I)ccc3Br)nc2c1. The van der Waals surface area contributed by atoms with Crippen molar-refractivity contribution in [3.8, 4) is 11.5 Å².